The van der Waals surface area contributed by atoms with Crippen molar-refractivity contribution < 1.29 is 8.42 Å². The fourth-order valence-corrected chi connectivity index (χ4v) is 3.33. The molecule has 100 valence electrons. The third kappa shape index (κ3) is 2.71. The van der Waals surface area contributed by atoms with Gasteiger partial charge in [-0.15, -0.1) is 0 Å². The number of sulfonamides is 1. The summed E-state index contributed by atoms with van der Waals surface area (Å²) in [4.78, 5) is 3.83. The van der Waals surface area contributed by atoms with E-state index >= 15 is 0 Å². The summed E-state index contributed by atoms with van der Waals surface area (Å²) in [7, 11) is -2.25. The number of pyridine rings is 1. The molecule has 0 aliphatic heterocycles. The van der Waals surface area contributed by atoms with Crippen LogP contribution in [0.5, 0.6) is 0 Å². The first kappa shape index (κ1) is 13.8. The summed E-state index contributed by atoms with van der Waals surface area (Å²) >= 11 is 3.19. The molecule has 0 aliphatic rings. The van der Waals surface area contributed by atoms with E-state index in [9.17, 15) is 8.42 Å². The number of halogens is 1. The summed E-state index contributed by atoms with van der Waals surface area (Å²) < 4.78 is 26.7. The molecular formula is C12H12BrN3O2S. The summed E-state index contributed by atoms with van der Waals surface area (Å²) in [6.45, 7) is 0. The average Bonchev–Trinajstić information content (AvgIpc) is 2.41. The zero-order chi connectivity index (χ0) is 14.0. The number of hydrogen-bond donors (Lipinski definition) is 1. The Morgan fingerprint density at radius 2 is 1.89 bits per heavy atom. The van der Waals surface area contributed by atoms with Crippen LogP contribution in [0.25, 0.3) is 0 Å². The van der Waals surface area contributed by atoms with Crippen molar-refractivity contribution >= 4 is 37.5 Å². The Morgan fingerprint density at radius 3 is 2.53 bits per heavy atom. The van der Waals surface area contributed by atoms with E-state index in [0.717, 1.165) is 0 Å². The van der Waals surface area contributed by atoms with Gasteiger partial charge in [0.15, 0.2) is 0 Å². The lowest BCUT2D eigenvalue weighted by atomic mass is 10.3. The lowest BCUT2D eigenvalue weighted by molar-refractivity contribution is 0.594. The van der Waals surface area contributed by atoms with Crippen LogP contribution in [0.4, 0.5) is 11.5 Å². The van der Waals surface area contributed by atoms with Crippen molar-refractivity contribution in [1.82, 2.24) is 4.98 Å². The smallest absolute Gasteiger partial charge is 0.267 e. The van der Waals surface area contributed by atoms with E-state index in [2.05, 4.69) is 20.9 Å². The maximum absolute atomic E-state index is 12.5. The molecule has 0 fully saturated rings. The number of nitrogens with two attached hydrogens (primary N) is 1. The van der Waals surface area contributed by atoms with E-state index in [1.807, 2.05) is 6.07 Å². The van der Waals surface area contributed by atoms with Gasteiger partial charge in [0.05, 0.1) is 5.69 Å². The summed E-state index contributed by atoms with van der Waals surface area (Å²) in [6, 6.07) is 10.2. The molecule has 5 nitrogen and oxygen atoms in total. The molecule has 0 saturated carbocycles. The minimum absolute atomic E-state index is 0.0202. The number of hydrogen-bond acceptors (Lipinski definition) is 4. The third-order valence-electron chi connectivity index (χ3n) is 2.61. The van der Waals surface area contributed by atoms with Gasteiger partial charge in [-0.3, -0.25) is 4.31 Å². The van der Waals surface area contributed by atoms with Gasteiger partial charge in [0.25, 0.3) is 10.0 Å². The van der Waals surface area contributed by atoms with E-state index in [-0.39, 0.29) is 10.7 Å². The molecule has 0 radical (unpaired) electrons. The monoisotopic (exact) mass is 341 g/mol. The molecule has 0 saturated heterocycles. The van der Waals surface area contributed by atoms with Crippen LogP contribution in [0.3, 0.4) is 0 Å². The van der Waals surface area contributed by atoms with E-state index in [4.69, 9.17) is 5.73 Å². The summed E-state index contributed by atoms with van der Waals surface area (Å²) in [5.41, 5.74) is 6.21. The van der Waals surface area contributed by atoms with E-state index in [0.29, 0.717) is 10.2 Å². The first-order valence-electron chi connectivity index (χ1n) is 5.38. The molecule has 7 heteroatoms. The zero-order valence-corrected chi connectivity index (χ0v) is 12.5. The fourth-order valence-electron chi connectivity index (χ4n) is 1.56. The fraction of sp³-hybridized carbons (Fsp3) is 0.0833. The predicted molar refractivity (Wildman–Crippen MR) is 78.4 cm³/mol. The highest BCUT2D eigenvalue weighted by Crippen LogP contribution is 2.26. The molecule has 1 heterocycles. The van der Waals surface area contributed by atoms with Gasteiger partial charge in [0.2, 0.25) is 0 Å². The largest absolute Gasteiger partial charge is 0.383 e. The minimum Gasteiger partial charge on any atom is -0.383 e. The highest BCUT2D eigenvalue weighted by Gasteiger charge is 2.24. The van der Waals surface area contributed by atoms with Gasteiger partial charge in [-0.05, 0) is 34.1 Å². The first-order chi connectivity index (χ1) is 8.93. The Balaban J connectivity index is 2.51. The van der Waals surface area contributed by atoms with Gasteiger partial charge >= 0.3 is 0 Å². The molecule has 2 N–H and O–H groups in total. The van der Waals surface area contributed by atoms with Gasteiger partial charge in [-0.1, -0.05) is 18.2 Å². The van der Waals surface area contributed by atoms with Crippen LogP contribution in [0.1, 0.15) is 0 Å². The molecule has 19 heavy (non-hydrogen) atoms. The third-order valence-corrected chi connectivity index (χ3v) is 4.86. The molecule has 0 spiro atoms. The van der Waals surface area contributed by atoms with Crippen LogP contribution in [0, 0.1) is 0 Å². The standard InChI is InChI=1S/C12H12BrN3O2S/c1-16(10-5-3-2-4-6-10)19(17,18)11-7-9(13)8-15-12(11)14/h2-8H,1H3,(H2,14,15). The first-order valence-corrected chi connectivity index (χ1v) is 7.61. The van der Waals surface area contributed by atoms with E-state index in [1.54, 1.807) is 24.3 Å². The minimum atomic E-state index is -3.73. The highest BCUT2D eigenvalue weighted by atomic mass is 79.9. The lowest BCUT2D eigenvalue weighted by Crippen LogP contribution is -2.27. The van der Waals surface area contributed by atoms with Crippen molar-refractivity contribution in [3.05, 3.63) is 47.1 Å². The van der Waals surface area contributed by atoms with Gasteiger partial charge < -0.3 is 5.73 Å². The van der Waals surface area contributed by atoms with Gasteiger partial charge in [0, 0.05) is 17.7 Å². The van der Waals surface area contributed by atoms with Crippen molar-refractivity contribution in [2.45, 2.75) is 4.90 Å². The van der Waals surface area contributed by atoms with Crippen LogP contribution < -0.4 is 10.0 Å². The van der Waals surface area contributed by atoms with Crippen LogP contribution in [0.2, 0.25) is 0 Å². The molecule has 1 aromatic heterocycles. The summed E-state index contributed by atoms with van der Waals surface area (Å²) in [5, 5.41) is 0. The van der Waals surface area contributed by atoms with Crippen molar-refractivity contribution in [3.63, 3.8) is 0 Å². The maximum Gasteiger partial charge on any atom is 0.267 e. The Kier molecular flexibility index (Phi) is 3.77. The number of aromatic nitrogens is 1. The number of nitrogens with zero attached hydrogens (tertiary/aromatic N) is 2. The van der Waals surface area contributed by atoms with Crippen LogP contribution in [0.15, 0.2) is 52.0 Å². The lowest BCUT2D eigenvalue weighted by Gasteiger charge is -2.20. The second-order valence-corrected chi connectivity index (χ2v) is 6.70. The number of rotatable bonds is 3. The number of nitrogen functional groups attached to an aromatic ring is 1. The predicted octanol–water partition coefficient (Wildman–Crippen LogP) is 2.25. The molecular weight excluding hydrogens is 330 g/mol. The second-order valence-electron chi connectivity index (χ2n) is 3.84. The molecule has 2 rings (SSSR count). The number of anilines is 2. The normalized spacial score (nSPS) is 11.3. The molecule has 0 aliphatic carbocycles. The van der Waals surface area contributed by atoms with Gasteiger partial charge in [-0.25, -0.2) is 13.4 Å². The average molecular weight is 342 g/mol. The Hall–Kier alpha value is -1.60. The summed E-state index contributed by atoms with van der Waals surface area (Å²) in [6.07, 6.45) is 1.46. The SMILES string of the molecule is CN(c1ccccc1)S(=O)(=O)c1cc(Br)cnc1N. The van der Waals surface area contributed by atoms with Crippen LogP contribution in [-0.4, -0.2) is 20.4 Å². The quantitative estimate of drug-likeness (QED) is 0.928. The highest BCUT2D eigenvalue weighted by molar-refractivity contribution is 9.10. The molecule has 0 amide bonds. The van der Waals surface area contributed by atoms with Gasteiger partial charge in [-0.2, -0.15) is 0 Å². The van der Waals surface area contributed by atoms with Crippen molar-refractivity contribution in [3.8, 4) is 0 Å². The molecule has 0 unspecified atom stereocenters. The van der Waals surface area contributed by atoms with Crippen molar-refractivity contribution in [1.29, 1.82) is 0 Å². The molecule has 2 aromatic rings. The number of para-hydroxylation sites is 1. The van der Waals surface area contributed by atoms with Crippen LogP contribution in [-0.2, 0) is 10.0 Å². The van der Waals surface area contributed by atoms with Crippen LogP contribution >= 0.6 is 15.9 Å². The summed E-state index contributed by atoms with van der Waals surface area (Å²) in [5.74, 6) is -0.0222. The Labute approximate surface area is 120 Å². The van der Waals surface area contributed by atoms with Crippen molar-refractivity contribution in [2.24, 2.45) is 0 Å². The van der Waals surface area contributed by atoms with E-state index in [1.165, 1.54) is 23.6 Å². The molecule has 1 aromatic carbocycles. The second kappa shape index (κ2) is 5.18. The Bertz CT molecular complexity index is 689. The topological polar surface area (TPSA) is 76.3 Å². The van der Waals surface area contributed by atoms with Crippen molar-refractivity contribution in [2.75, 3.05) is 17.1 Å². The zero-order valence-electron chi connectivity index (χ0n) is 10.1. The van der Waals surface area contributed by atoms with E-state index < -0.39 is 10.0 Å². The Morgan fingerprint density at radius 1 is 1.26 bits per heavy atom. The molecule has 0 bridgehead atoms. The maximum atomic E-state index is 12.5. The molecule has 0 atom stereocenters. The van der Waals surface area contributed by atoms with Gasteiger partial charge in [0.1, 0.15) is 10.7 Å². The number of benzene rings is 1.